The molecule has 0 spiro atoms. The van der Waals surface area contributed by atoms with Gasteiger partial charge in [-0.15, -0.1) is 0 Å². The first kappa shape index (κ1) is 21.8. The van der Waals surface area contributed by atoms with Crippen LogP contribution >= 0.6 is 0 Å². The summed E-state index contributed by atoms with van der Waals surface area (Å²) in [4.78, 5) is 37.3. The largest absolute Gasteiger partial charge is 0.460 e. The van der Waals surface area contributed by atoms with Crippen LogP contribution < -0.4 is 10.6 Å². The fraction of sp³-hybridized carbons (Fsp3) is 0.160. The second-order valence-corrected chi connectivity index (χ2v) is 6.95. The molecule has 2 N–H and O–H groups in total. The van der Waals surface area contributed by atoms with Gasteiger partial charge in [-0.25, -0.2) is 0 Å². The Hall–Kier alpha value is -3.93. The highest BCUT2D eigenvalue weighted by atomic mass is 16.5. The van der Waals surface area contributed by atoms with Gasteiger partial charge < -0.3 is 15.4 Å². The maximum atomic E-state index is 12.8. The third kappa shape index (κ3) is 7.12. The quantitative estimate of drug-likeness (QED) is 0.526. The molecule has 3 aromatic rings. The molecule has 31 heavy (non-hydrogen) atoms. The summed E-state index contributed by atoms with van der Waals surface area (Å²) in [7, 11) is 0. The van der Waals surface area contributed by atoms with Crippen molar-refractivity contribution < 1.29 is 19.1 Å². The lowest BCUT2D eigenvalue weighted by Crippen LogP contribution is -2.49. The smallest absolute Gasteiger partial charge is 0.325 e. The minimum Gasteiger partial charge on any atom is -0.460 e. The molecule has 0 aliphatic heterocycles. The van der Waals surface area contributed by atoms with Crippen LogP contribution in [-0.2, 0) is 27.4 Å². The molecule has 0 aliphatic rings. The van der Waals surface area contributed by atoms with Crippen LogP contribution in [0.3, 0.4) is 0 Å². The molecule has 0 bridgehead atoms. The molecule has 3 rings (SSSR count). The molecule has 1 unspecified atom stereocenters. The van der Waals surface area contributed by atoms with E-state index in [2.05, 4.69) is 10.6 Å². The number of nitrogens with one attached hydrogen (secondary N) is 2. The van der Waals surface area contributed by atoms with Crippen LogP contribution in [0.15, 0.2) is 91.0 Å². The van der Waals surface area contributed by atoms with Crippen LogP contribution in [0.5, 0.6) is 0 Å². The Balaban J connectivity index is 1.58. The first-order valence-electron chi connectivity index (χ1n) is 9.99. The number of ether oxygens (including phenoxy) is 1. The molecule has 1 atom stereocenters. The Labute approximate surface area is 181 Å². The normalized spacial score (nSPS) is 11.2. The van der Waals surface area contributed by atoms with Crippen molar-refractivity contribution >= 4 is 17.8 Å². The lowest BCUT2D eigenvalue weighted by atomic mass is 10.0. The molecule has 6 heteroatoms. The Morgan fingerprint density at radius 3 is 1.90 bits per heavy atom. The molecule has 0 saturated heterocycles. The molecular weight excluding hydrogens is 392 g/mol. The summed E-state index contributed by atoms with van der Waals surface area (Å²) in [5.74, 6) is -1.36. The standard InChI is InChI=1S/C25H24N2O4/c28-23(31-18-20-12-6-2-7-13-20)17-26-25(30)22(16-19-10-4-1-5-11-19)27-24(29)21-14-8-3-9-15-21/h1-15,22H,16-18H2,(H,26,30)(H,27,29). The predicted octanol–water partition coefficient (Wildman–Crippen LogP) is 2.89. The zero-order valence-corrected chi connectivity index (χ0v) is 17.0. The number of rotatable bonds is 9. The van der Waals surface area contributed by atoms with Crippen molar-refractivity contribution in [3.8, 4) is 0 Å². The highest BCUT2D eigenvalue weighted by Crippen LogP contribution is 2.06. The lowest BCUT2D eigenvalue weighted by molar-refractivity contribution is -0.145. The van der Waals surface area contributed by atoms with Gasteiger partial charge in [-0.3, -0.25) is 14.4 Å². The zero-order chi connectivity index (χ0) is 21.9. The lowest BCUT2D eigenvalue weighted by Gasteiger charge is -2.18. The van der Waals surface area contributed by atoms with Crippen molar-refractivity contribution in [1.82, 2.24) is 10.6 Å². The van der Waals surface area contributed by atoms with E-state index in [1.165, 1.54) is 0 Å². The monoisotopic (exact) mass is 416 g/mol. The molecule has 2 amide bonds. The van der Waals surface area contributed by atoms with Gasteiger partial charge in [0.1, 0.15) is 19.2 Å². The first-order valence-corrected chi connectivity index (χ1v) is 9.99. The first-order chi connectivity index (χ1) is 15.1. The third-order valence-corrected chi connectivity index (χ3v) is 4.59. The van der Waals surface area contributed by atoms with E-state index in [4.69, 9.17) is 4.74 Å². The zero-order valence-electron chi connectivity index (χ0n) is 17.0. The molecule has 0 fully saturated rings. The Morgan fingerprint density at radius 2 is 1.29 bits per heavy atom. The number of hydrogen-bond donors (Lipinski definition) is 2. The molecule has 3 aromatic carbocycles. The fourth-order valence-corrected chi connectivity index (χ4v) is 2.96. The van der Waals surface area contributed by atoms with Gasteiger partial charge in [0.15, 0.2) is 0 Å². The molecule has 0 aromatic heterocycles. The summed E-state index contributed by atoms with van der Waals surface area (Å²) >= 11 is 0. The van der Waals surface area contributed by atoms with Crippen molar-refractivity contribution in [2.45, 2.75) is 19.1 Å². The van der Waals surface area contributed by atoms with Gasteiger partial charge in [-0.05, 0) is 23.3 Å². The molecule has 158 valence electrons. The second-order valence-electron chi connectivity index (χ2n) is 6.95. The maximum absolute atomic E-state index is 12.8. The van der Waals surface area contributed by atoms with Gasteiger partial charge in [0.25, 0.3) is 5.91 Å². The summed E-state index contributed by atoms with van der Waals surface area (Å²) in [6.07, 6.45) is 0.296. The van der Waals surface area contributed by atoms with E-state index < -0.39 is 17.9 Å². The number of hydrogen-bond acceptors (Lipinski definition) is 4. The van der Waals surface area contributed by atoms with Crippen LogP contribution in [0.25, 0.3) is 0 Å². The molecule has 0 aliphatic carbocycles. The van der Waals surface area contributed by atoms with Gasteiger partial charge in [-0.1, -0.05) is 78.9 Å². The molecule has 0 radical (unpaired) electrons. The minimum absolute atomic E-state index is 0.133. The fourth-order valence-electron chi connectivity index (χ4n) is 2.96. The molecule has 0 heterocycles. The number of benzene rings is 3. The van der Waals surface area contributed by atoms with Gasteiger partial charge >= 0.3 is 5.97 Å². The summed E-state index contributed by atoms with van der Waals surface area (Å²) < 4.78 is 5.19. The van der Waals surface area contributed by atoms with Crippen molar-refractivity contribution in [3.05, 3.63) is 108 Å². The van der Waals surface area contributed by atoms with Crippen LogP contribution in [0, 0.1) is 0 Å². The van der Waals surface area contributed by atoms with Crippen LogP contribution in [0.2, 0.25) is 0 Å². The van der Waals surface area contributed by atoms with Crippen LogP contribution in [0.4, 0.5) is 0 Å². The Bertz CT molecular complexity index is 992. The summed E-state index contributed by atoms with van der Waals surface area (Å²) in [5.41, 5.74) is 2.21. The Kier molecular flexibility index (Phi) is 7.94. The maximum Gasteiger partial charge on any atom is 0.325 e. The average Bonchev–Trinajstić information content (AvgIpc) is 2.82. The van der Waals surface area contributed by atoms with Crippen molar-refractivity contribution in [2.75, 3.05) is 6.54 Å². The van der Waals surface area contributed by atoms with E-state index >= 15 is 0 Å². The van der Waals surface area contributed by atoms with Gasteiger partial charge in [0.05, 0.1) is 0 Å². The van der Waals surface area contributed by atoms with Crippen molar-refractivity contribution in [3.63, 3.8) is 0 Å². The van der Waals surface area contributed by atoms with Crippen LogP contribution in [-0.4, -0.2) is 30.4 Å². The highest BCUT2D eigenvalue weighted by molar-refractivity contribution is 5.98. The topological polar surface area (TPSA) is 84.5 Å². The van der Waals surface area contributed by atoms with E-state index in [0.29, 0.717) is 12.0 Å². The highest BCUT2D eigenvalue weighted by Gasteiger charge is 2.22. The van der Waals surface area contributed by atoms with E-state index in [0.717, 1.165) is 11.1 Å². The van der Waals surface area contributed by atoms with Crippen molar-refractivity contribution in [2.24, 2.45) is 0 Å². The SMILES string of the molecule is O=C(CNC(=O)C(Cc1ccccc1)NC(=O)c1ccccc1)OCc1ccccc1. The second kappa shape index (κ2) is 11.3. The number of carbonyl (C=O) groups excluding carboxylic acids is 3. The van der Waals surface area contributed by atoms with Gasteiger partial charge in [0.2, 0.25) is 5.91 Å². The number of carbonyl (C=O) groups is 3. The minimum atomic E-state index is -0.836. The van der Waals surface area contributed by atoms with E-state index in [-0.39, 0.29) is 19.1 Å². The summed E-state index contributed by atoms with van der Waals surface area (Å²) in [5, 5.41) is 5.33. The third-order valence-electron chi connectivity index (χ3n) is 4.59. The average molecular weight is 416 g/mol. The molecular formula is C25H24N2O4. The van der Waals surface area contributed by atoms with E-state index in [1.807, 2.05) is 66.7 Å². The molecule has 0 saturated carbocycles. The van der Waals surface area contributed by atoms with Gasteiger partial charge in [-0.2, -0.15) is 0 Å². The summed E-state index contributed by atoms with van der Waals surface area (Å²) in [6, 6.07) is 26.5. The number of amides is 2. The van der Waals surface area contributed by atoms with Crippen LogP contribution in [0.1, 0.15) is 21.5 Å². The van der Waals surface area contributed by atoms with E-state index in [9.17, 15) is 14.4 Å². The van der Waals surface area contributed by atoms with Gasteiger partial charge in [0, 0.05) is 12.0 Å². The number of esters is 1. The predicted molar refractivity (Wildman–Crippen MR) is 117 cm³/mol. The Morgan fingerprint density at radius 1 is 0.742 bits per heavy atom. The molecule has 6 nitrogen and oxygen atoms in total. The van der Waals surface area contributed by atoms with E-state index in [1.54, 1.807) is 24.3 Å². The summed E-state index contributed by atoms with van der Waals surface area (Å²) in [6.45, 7) is -0.147. The van der Waals surface area contributed by atoms with Crippen molar-refractivity contribution in [1.29, 1.82) is 0 Å².